The van der Waals surface area contributed by atoms with Crippen LogP contribution in [0.15, 0.2) is 22.7 Å². The van der Waals surface area contributed by atoms with Gasteiger partial charge in [-0.15, -0.1) is 0 Å². The van der Waals surface area contributed by atoms with Crippen LogP contribution in [0.5, 0.6) is 0 Å². The minimum absolute atomic E-state index is 0.227. The average Bonchev–Trinajstić information content (AvgIpc) is 2.22. The minimum atomic E-state index is -0.227. The maximum atomic E-state index is 13.4. The zero-order valence-electron chi connectivity index (χ0n) is 8.50. The van der Waals surface area contributed by atoms with Crippen molar-refractivity contribution in [3.05, 3.63) is 34.1 Å². The topological polar surface area (TPSA) is 27.0 Å². The summed E-state index contributed by atoms with van der Waals surface area (Å²) in [4.78, 5) is 1.88. The second-order valence-corrected chi connectivity index (χ2v) is 4.11. The molecule has 1 aromatic rings. The van der Waals surface area contributed by atoms with E-state index in [0.717, 1.165) is 11.0 Å². The third kappa shape index (κ3) is 3.61. The molecule has 0 fully saturated rings. The van der Waals surface area contributed by atoms with Crippen LogP contribution in [0.25, 0.3) is 0 Å². The second-order valence-electron chi connectivity index (χ2n) is 3.20. The number of hydrogen-bond donors (Lipinski definition) is 0. The van der Waals surface area contributed by atoms with E-state index in [9.17, 15) is 4.39 Å². The molecule has 1 rings (SSSR count). The number of hydrogen-bond acceptors (Lipinski definition) is 2. The molecule has 0 unspecified atom stereocenters. The van der Waals surface area contributed by atoms with E-state index >= 15 is 0 Å². The van der Waals surface area contributed by atoms with E-state index in [-0.39, 0.29) is 5.82 Å². The van der Waals surface area contributed by atoms with E-state index in [4.69, 9.17) is 5.26 Å². The molecule has 15 heavy (non-hydrogen) atoms. The molecule has 80 valence electrons. The highest BCUT2D eigenvalue weighted by atomic mass is 79.9. The summed E-state index contributed by atoms with van der Waals surface area (Å²) in [6.07, 6.45) is 0. The summed E-state index contributed by atoms with van der Waals surface area (Å²) in [5.41, 5.74) is 0.612. The van der Waals surface area contributed by atoms with Crippen LogP contribution in [0.2, 0.25) is 0 Å². The highest BCUT2D eigenvalue weighted by Gasteiger charge is 2.07. The van der Waals surface area contributed by atoms with E-state index in [0.29, 0.717) is 18.7 Å². The van der Waals surface area contributed by atoms with Gasteiger partial charge in [-0.1, -0.05) is 22.9 Å². The molecule has 0 aliphatic rings. The molecule has 0 bridgehead atoms. The highest BCUT2D eigenvalue weighted by Crippen LogP contribution is 2.16. The molecule has 1 aromatic carbocycles. The predicted octanol–water partition coefficient (Wildman–Crippen LogP) is 2.93. The molecule has 0 spiro atoms. The first-order valence-corrected chi connectivity index (χ1v) is 5.50. The van der Waals surface area contributed by atoms with E-state index in [1.54, 1.807) is 12.1 Å². The largest absolute Gasteiger partial charge is 0.286 e. The van der Waals surface area contributed by atoms with Crippen molar-refractivity contribution < 1.29 is 4.39 Å². The van der Waals surface area contributed by atoms with Gasteiger partial charge in [0.25, 0.3) is 0 Å². The first-order chi connectivity index (χ1) is 7.17. The van der Waals surface area contributed by atoms with Crippen molar-refractivity contribution in [2.24, 2.45) is 0 Å². The molecule has 0 amide bonds. The number of benzene rings is 1. The van der Waals surface area contributed by atoms with Gasteiger partial charge in [0.2, 0.25) is 0 Å². The summed E-state index contributed by atoms with van der Waals surface area (Å²) < 4.78 is 14.2. The Morgan fingerprint density at radius 3 is 2.87 bits per heavy atom. The quantitative estimate of drug-likeness (QED) is 0.787. The maximum Gasteiger partial charge on any atom is 0.127 e. The van der Waals surface area contributed by atoms with E-state index in [1.165, 1.54) is 6.07 Å². The lowest BCUT2D eigenvalue weighted by Gasteiger charge is -2.17. The van der Waals surface area contributed by atoms with Crippen molar-refractivity contribution >= 4 is 15.9 Å². The van der Waals surface area contributed by atoms with Gasteiger partial charge in [0.15, 0.2) is 0 Å². The van der Waals surface area contributed by atoms with E-state index < -0.39 is 0 Å². The number of nitrogens with zero attached hydrogens (tertiary/aromatic N) is 2. The molecule has 0 aromatic heterocycles. The molecule has 0 N–H and O–H groups in total. The molecular formula is C11H12BrFN2. The van der Waals surface area contributed by atoms with Crippen LogP contribution in [-0.4, -0.2) is 18.0 Å². The van der Waals surface area contributed by atoms with Gasteiger partial charge in [-0.3, -0.25) is 4.90 Å². The summed E-state index contributed by atoms with van der Waals surface area (Å²) in [5, 5.41) is 8.58. The molecule has 0 aliphatic heterocycles. The summed E-state index contributed by atoms with van der Waals surface area (Å²) in [5.74, 6) is -0.227. The molecule has 2 nitrogen and oxygen atoms in total. The zero-order valence-corrected chi connectivity index (χ0v) is 10.1. The molecule has 0 atom stereocenters. The lowest BCUT2D eigenvalue weighted by atomic mass is 10.2. The van der Waals surface area contributed by atoms with Crippen LogP contribution in [0.4, 0.5) is 4.39 Å². The average molecular weight is 271 g/mol. The number of halogens is 2. The maximum absolute atomic E-state index is 13.4. The molecular weight excluding hydrogens is 259 g/mol. The molecule has 0 saturated carbocycles. The third-order valence-electron chi connectivity index (χ3n) is 2.14. The summed E-state index contributed by atoms with van der Waals surface area (Å²) >= 11 is 3.30. The standard InChI is InChI=1S/C11H12BrFN2/c1-2-15(6-5-14)8-9-7-10(12)3-4-11(9)13/h3-4,7H,2,6,8H2,1H3. The Hall–Kier alpha value is -0.920. The van der Waals surface area contributed by atoms with Gasteiger partial charge in [0.05, 0.1) is 12.6 Å². The normalized spacial score (nSPS) is 10.3. The van der Waals surface area contributed by atoms with Crippen LogP contribution in [-0.2, 0) is 6.54 Å². The minimum Gasteiger partial charge on any atom is -0.286 e. The van der Waals surface area contributed by atoms with Gasteiger partial charge < -0.3 is 0 Å². The molecule has 0 heterocycles. The summed E-state index contributed by atoms with van der Waals surface area (Å²) in [7, 11) is 0. The molecule has 4 heteroatoms. The Morgan fingerprint density at radius 1 is 1.53 bits per heavy atom. The van der Waals surface area contributed by atoms with Crippen molar-refractivity contribution in [2.75, 3.05) is 13.1 Å². The Labute approximate surface area is 97.4 Å². The lowest BCUT2D eigenvalue weighted by Crippen LogP contribution is -2.23. The fourth-order valence-corrected chi connectivity index (χ4v) is 1.69. The Kier molecular flexibility index (Phi) is 4.73. The van der Waals surface area contributed by atoms with E-state index in [1.807, 2.05) is 11.8 Å². The fraction of sp³-hybridized carbons (Fsp3) is 0.364. The van der Waals surface area contributed by atoms with Crippen molar-refractivity contribution in [2.45, 2.75) is 13.5 Å². The fourth-order valence-electron chi connectivity index (χ4n) is 1.28. The Morgan fingerprint density at radius 2 is 2.27 bits per heavy atom. The molecule has 0 saturated heterocycles. The first-order valence-electron chi connectivity index (χ1n) is 4.70. The van der Waals surface area contributed by atoms with Crippen LogP contribution < -0.4 is 0 Å². The van der Waals surface area contributed by atoms with Crippen molar-refractivity contribution in [1.29, 1.82) is 5.26 Å². The van der Waals surface area contributed by atoms with Gasteiger partial charge >= 0.3 is 0 Å². The number of rotatable bonds is 4. The van der Waals surface area contributed by atoms with Gasteiger partial charge in [-0.05, 0) is 24.7 Å². The van der Waals surface area contributed by atoms with Crippen LogP contribution in [0.3, 0.4) is 0 Å². The SMILES string of the molecule is CCN(CC#N)Cc1cc(Br)ccc1F. The molecule has 0 aliphatic carbocycles. The second kappa shape index (κ2) is 5.84. The van der Waals surface area contributed by atoms with Gasteiger partial charge in [-0.25, -0.2) is 4.39 Å². The lowest BCUT2D eigenvalue weighted by molar-refractivity contribution is 0.309. The van der Waals surface area contributed by atoms with Crippen molar-refractivity contribution in [3.8, 4) is 6.07 Å². The molecule has 0 radical (unpaired) electrons. The summed E-state index contributed by atoms with van der Waals surface area (Å²) in [6.45, 7) is 3.48. The van der Waals surface area contributed by atoms with Gasteiger partial charge in [0, 0.05) is 16.6 Å². The van der Waals surface area contributed by atoms with E-state index in [2.05, 4.69) is 22.0 Å². The predicted molar refractivity (Wildman–Crippen MR) is 60.7 cm³/mol. The Balaban J connectivity index is 2.78. The smallest absolute Gasteiger partial charge is 0.127 e. The van der Waals surface area contributed by atoms with Crippen LogP contribution >= 0.6 is 15.9 Å². The number of nitriles is 1. The first kappa shape index (κ1) is 12.2. The summed E-state index contributed by atoms with van der Waals surface area (Å²) in [6, 6.07) is 6.91. The van der Waals surface area contributed by atoms with Gasteiger partial charge in [0.1, 0.15) is 5.82 Å². The van der Waals surface area contributed by atoms with Crippen molar-refractivity contribution in [1.82, 2.24) is 4.90 Å². The van der Waals surface area contributed by atoms with Crippen molar-refractivity contribution in [3.63, 3.8) is 0 Å². The Bertz CT molecular complexity index is 373. The highest BCUT2D eigenvalue weighted by molar-refractivity contribution is 9.10. The van der Waals surface area contributed by atoms with Crippen LogP contribution in [0.1, 0.15) is 12.5 Å². The van der Waals surface area contributed by atoms with Crippen LogP contribution in [0, 0.1) is 17.1 Å². The third-order valence-corrected chi connectivity index (χ3v) is 2.64. The monoisotopic (exact) mass is 270 g/mol. The van der Waals surface area contributed by atoms with Gasteiger partial charge in [-0.2, -0.15) is 5.26 Å². The zero-order chi connectivity index (χ0) is 11.3.